The standard InChI is InChI=1S/C28H28BrN3O5.Na.H/c29-22-11-12-24(23(17-22)28(35)36)30-25(33)18-37-19-26(34)31-13-15-32(16-14-31)27(20-7-3-1-4-8-20)21-9-5-2-6-10-21;;/h1-12,17,27H,13-16,18-19H2,(H,30,33)(H,35,36);;/q;+1;-1. The van der Waals surface area contributed by atoms with Crippen molar-refractivity contribution in [2.24, 2.45) is 0 Å². The van der Waals surface area contributed by atoms with E-state index >= 15 is 0 Å². The minimum absolute atomic E-state index is 0. The zero-order valence-corrected chi connectivity index (χ0v) is 24.8. The number of piperazine rings is 1. The van der Waals surface area contributed by atoms with Crippen LogP contribution in [0.15, 0.2) is 83.3 Å². The third kappa shape index (κ3) is 7.99. The average molecular weight is 590 g/mol. The number of nitrogens with one attached hydrogen (secondary N) is 1. The maximum absolute atomic E-state index is 12.7. The van der Waals surface area contributed by atoms with E-state index in [1.165, 1.54) is 23.3 Å². The van der Waals surface area contributed by atoms with Gasteiger partial charge >= 0.3 is 35.5 Å². The first-order chi connectivity index (χ1) is 17.9. The van der Waals surface area contributed by atoms with Crippen molar-refractivity contribution in [2.75, 3.05) is 44.7 Å². The van der Waals surface area contributed by atoms with Gasteiger partial charge in [0.2, 0.25) is 11.8 Å². The van der Waals surface area contributed by atoms with Crippen LogP contribution in [0, 0.1) is 0 Å². The molecule has 194 valence electrons. The van der Waals surface area contributed by atoms with Gasteiger partial charge in [-0.25, -0.2) is 4.79 Å². The quantitative estimate of drug-likeness (QED) is 0.363. The molecule has 1 saturated heterocycles. The summed E-state index contributed by atoms with van der Waals surface area (Å²) in [5, 5.41) is 11.8. The zero-order valence-electron chi connectivity index (χ0n) is 22.2. The molecule has 3 aromatic carbocycles. The van der Waals surface area contributed by atoms with E-state index in [1.54, 1.807) is 11.0 Å². The monoisotopic (exact) mass is 589 g/mol. The number of halogens is 1. The summed E-state index contributed by atoms with van der Waals surface area (Å²) in [5.41, 5.74) is 2.54. The van der Waals surface area contributed by atoms with Crippen molar-refractivity contribution in [3.63, 3.8) is 0 Å². The Labute approximate surface area is 253 Å². The molecule has 2 amide bonds. The number of carbonyl (C=O) groups excluding carboxylic acids is 2. The van der Waals surface area contributed by atoms with Gasteiger partial charge in [-0.2, -0.15) is 0 Å². The predicted octanol–water partition coefficient (Wildman–Crippen LogP) is 1.15. The third-order valence-electron chi connectivity index (χ3n) is 6.21. The maximum atomic E-state index is 12.7. The molecular weight excluding hydrogens is 561 g/mol. The first kappa shape index (κ1) is 30.0. The van der Waals surface area contributed by atoms with Gasteiger partial charge in [-0.1, -0.05) is 76.6 Å². The molecule has 0 aromatic heterocycles. The number of nitrogens with zero attached hydrogens (tertiary/aromatic N) is 2. The van der Waals surface area contributed by atoms with Gasteiger partial charge in [-0.05, 0) is 29.3 Å². The molecule has 10 heteroatoms. The van der Waals surface area contributed by atoms with Crippen molar-refractivity contribution in [2.45, 2.75) is 6.04 Å². The summed E-state index contributed by atoms with van der Waals surface area (Å²) in [6.07, 6.45) is 0. The van der Waals surface area contributed by atoms with Crippen molar-refractivity contribution in [1.29, 1.82) is 0 Å². The Morgan fingerprint density at radius 1 is 0.895 bits per heavy atom. The number of carboxylic acids is 1. The van der Waals surface area contributed by atoms with Gasteiger partial charge in [-0.15, -0.1) is 0 Å². The zero-order chi connectivity index (χ0) is 26.2. The summed E-state index contributed by atoms with van der Waals surface area (Å²) < 4.78 is 5.93. The number of aromatic carboxylic acids is 1. The van der Waals surface area contributed by atoms with E-state index in [2.05, 4.69) is 50.4 Å². The van der Waals surface area contributed by atoms with E-state index in [9.17, 15) is 19.5 Å². The van der Waals surface area contributed by atoms with Crippen LogP contribution in [-0.4, -0.2) is 72.1 Å². The van der Waals surface area contributed by atoms with Crippen molar-refractivity contribution < 1.29 is 55.2 Å². The van der Waals surface area contributed by atoms with Crippen LogP contribution >= 0.6 is 15.9 Å². The number of rotatable bonds is 9. The second-order valence-corrected chi connectivity index (χ2v) is 9.59. The molecule has 0 aliphatic carbocycles. The number of amides is 2. The normalized spacial score (nSPS) is 13.6. The number of hydrogen-bond acceptors (Lipinski definition) is 5. The van der Waals surface area contributed by atoms with E-state index in [1.807, 2.05) is 36.4 Å². The molecule has 1 heterocycles. The molecule has 0 saturated carbocycles. The Balaban J connectivity index is 0.00000267. The van der Waals surface area contributed by atoms with Gasteiger partial charge in [0.05, 0.1) is 17.3 Å². The molecule has 2 N–H and O–H groups in total. The molecule has 1 fully saturated rings. The largest absolute Gasteiger partial charge is 1.00 e. The van der Waals surface area contributed by atoms with E-state index in [0.29, 0.717) is 30.7 Å². The topological polar surface area (TPSA) is 99.2 Å². The number of anilines is 1. The van der Waals surface area contributed by atoms with Crippen LogP contribution in [0.25, 0.3) is 0 Å². The van der Waals surface area contributed by atoms with Gasteiger partial charge in [0.25, 0.3) is 0 Å². The summed E-state index contributed by atoms with van der Waals surface area (Å²) in [6, 6.07) is 25.3. The van der Waals surface area contributed by atoms with Crippen molar-refractivity contribution in [3.05, 3.63) is 100 Å². The van der Waals surface area contributed by atoms with Crippen LogP contribution < -0.4 is 34.9 Å². The van der Waals surface area contributed by atoms with Crippen LogP contribution in [0.3, 0.4) is 0 Å². The molecule has 0 unspecified atom stereocenters. The number of ether oxygens (including phenoxy) is 1. The molecule has 0 spiro atoms. The molecule has 0 bridgehead atoms. The van der Waals surface area contributed by atoms with Crippen LogP contribution in [0.1, 0.15) is 29.0 Å². The number of benzene rings is 3. The molecule has 1 aliphatic heterocycles. The Morgan fingerprint density at radius 2 is 1.47 bits per heavy atom. The second kappa shape index (κ2) is 14.6. The molecule has 4 rings (SSSR count). The minimum Gasteiger partial charge on any atom is -1.00 e. The number of carbonyl (C=O) groups is 3. The minimum atomic E-state index is -1.16. The Kier molecular flexibility index (Phi) is 11.5. The average Bonchev–Trinajstić information content (AvgIpc) is 2.91. The maximum Gasteiger partial charge on any atom is 1.00 e. The second-order valence-electron chi connectivity index (χ2n) is 8.68. The van der Waals surface area contributed by atoms with Crippen LogP contribution in [-0.2, 0) is 14.3 Å². The molecular formula is C28H29BrN3NaO5. The van der Waals surface area contributed by atoms with Gasteiger partial charge in [0.15, 0.2) is 0 Å². The third-order valence-corrected chi connectivity index (χ3v) is 6.70. The van der Waals surface area contributed by atoms with E-state index in [-0.39, 0.29) is 67.4 Å². The number of hydrogen-bond donors (Lipinski definition) is 2. The van der Waals surface area contributed by atoms with E-state index in [4.69, 9.17) is 4.74 Å². The van der Waals surface area contributed by atoms with Crippen LogP contribution in [0.4, 0.5) is 5.69 Å². The van der Waals surface area contributed by atoms with Gasteiger partial charge < -0.3 is 21.5 Å². The van der Waals surface area contributed by atoms with Crippen LogP contribution in [0.5, 0.6) is 0 Å². The van der Waals surface area contributed by atoms with Gasteiger partial charge in [0, 0.05) is 30.7 Å². The summed E-state index contributed by atoms with van der Waals surface area (Å²) in [6.45, 7) is 1.96. The Bertz CT molecular complexity index is 1200. The van der Waals surface area contributed by atoms with Gasteiger partial charge in [0.1, 0.15) is 13.2 Å². The fourth-order valence-electron chi connectivity index (χ4n) is 4.43. The van der Waals surface area contributed by atoms with Crippen molar-refractivity contribution in [1.82, 2.24) is 9.80 Å². The molecule has 0 atom stereocenters. The first-order valence-corrected chi connectivity index (χ1v) is 12.7. The molecule has 38 heavy (non-hydrogen) atoms. The Hall–Kier alpha value is -2.53. The molecule has 1 aliphatic rings. The molecule has 0 radical (unpaired) electrons. The predicted molar refractivity (Wildman–Crippen MR) is 145 cm³/mol. The summed E-state index contributed by atoms with van der Waals surface area (Å²) in [4.78, 5) is 40.5. The van der Waals surface area contributed by atoms with Crippen LogP contribution in [0.2, 0.25) is 0 Å². The molecule has 8 nitrogen and oxygen atoms in total. The Morgan fingerprint density at radius 3 is 2.03 bits per heavy atom. The van der Waals surface area contributed by atoms with E-state index < -0.39 is 11.9 Å². The smallest absolute Gasteiger partial charge is 1.00 e. The van der Waals surface area contributed by atoms with Gasteiger partial charge in [-0.3, -0.25) is 14.5 Å². The SMILES string of the molecule is O=C(COCC(=O)N1CCN(C(c2ccccc2)c2ccccc2)CC1)Nc1ccc(Br)cc1C(=O)O.[H-].[Na+]. The summed E-state index contributed by atoms with van der Waals surface area (Å²) in [7, 11) is 0. The number of carboxylic acid groups (broad SMARTS) is 1. The first-order valence-electron chi connectivity index (χ1n) is 11.9. The fourth-order valence-corrected chi connectivity index (χ4v) is 4.79. The van der Waals surface area contributed by atoms with E-state index in [0.717, 1.165) is 0 Å². The summed E-state index contributed by atoms with van der Waals surface area (Å²) in [5.74, 6) is -1.87. The van der Waals surface area contributed by atoms with Crippen molar-refractivity contribution >= 4 is 39.4 Å². The van der Waals surface area contributed by atoms with Crippen molar-refractivity contribution in [3.8, 4) is 0 Å². The summed E-state index contributed by atoms with van der Waals surface area (Å²) >= 11 is 3.22. The molecule has 3 aromatic rings. The fraction of sp³-hybridized carbons (Fsp3) is 0.250.